The minimum absolute atomic E-state index is 0.0573. The highest BCUT2D eigenvalue weighted by molar-refractivity contribution is 5.92. The van der Waals surface area contributed by atoms with Crippen LogP contribution in [0, 0.1) is 17.8 Å². The number of rotatable bonds is 6. The van der Waals surface area contributed by atoms with Crippen LogP contribution in [0.25, 0.3) is 0 Å². The number of amides is 2. The molecule has 5 nitrogen and oxygen atoms in total. The SMILES string of the molecule is CC(C)CCNC(=O)C1CC1C(=O)N1CCN(c2ccccc2)CC1. The van der Waals surface area contributed by atoms with Gasteiger partial charge < -0.3 is 15.1 Å². The Balaban J connectivity index is 1.42. The molecule has 3 rings (SSSR count). The van der Waals surface area contributed by atoms with E-state index in [2.05, 4.69) is 36.2 Å². The van der Waals surface area contributed by atoms with Gasteiger partial charge in [-0.25, -0.2) is 0 Å². The van der Waals surface area contributed by atoms with Gasteiger partial charge in [0.05, 0.1) is 11.8 Å². The molecule has 0 radical (unpaired) electrons. The first-order valence-corrected chi connectivity index (χ1v) is 9.42. The number of benzene rings is 1. The summed E-state index contributed by atoms with van der Waals surface area (Å²) in [4.78, 5) is 29.0. The zero-order valence-corrected chi connectivity index (χ0v) is 15.3. The molecule has 2 atom stereocenters. The third kappa shape index (κ3) is 4.53. The number of nitrogens with one attached hydrogen (secondary N) is 1. The predicted molar refractivity (Wildman–Crippen MR) is 99.3 cm³/mol. The maximum absolute atomic E-state index is 12.6. The van der Waals surface area contributed by atoms with Crippen LogP contribution in [0.2, 0.25) is 0 Å². The van der Waals surface area contributed by atoms with Gasteiger partial charge in [-0.15, -0.1) is 0 Å². The third-order valence-corrected chi connectivity index (χ3v) is 5.18. The lowest BCUT2D eigenvalue weighted by Crippen LogP contribution is -2.49. The van der Waals surface area contributed by atoms with Crippen LogP contribution < -0.4 is 10.2 Å². The fourth-order valence-corrected chi connectivity index (χ4v) is 3.43. The molecule has 0 spiro atoms. The molecule has 5 heteroatoms. The van der Waals surface area contributed by atoms with Crippen molar-refractivity contribution < 1.29 is 9.59 Å². The van der Waals surface area contributed by atoms with E-state index in [4.69, 9.17) is 0 Å². The minimum atomic E-state index is -0.105. The van der Waals surface area contributed by atoms with Crippen molar-refractivity contribution >= 4 is 17.5 Å². The lowest BCUT2D eigenvalue weighted by atomic mass is 10.1. The molecule has 136 valence electrons. The van der Waals surface area contributed by atoms with Crippen LogP contribution >= 0.6 is 0 Å². The van der Waals surface area contributed by atoms with Gasteiger partial charge >= 0.3 is 0 Å². The van der Waals surface area contributed by atoms with Crippen molar-refractivity contribution in [2.75, 3.05) is 37.6 Å². The second-order valence-electron chi connectivity index (χ2n) is 7.57. The van der Waals surface area contributed by atoms with E-state index >= 15 is 0 Å². The summed E-state index contributed by atoms with van der Waals surface area (Å²) in [6.07, 6.45) is 1.70. The standard InChI is InChI=1S/C20H29N3O2/c1-15(2)8-9-21-19(24)17-14-18(17)20(25)23-12-10-22(11-13-23)16-6-4-3-5-7-16/h3-7,15,17-18H,8-14H2,1-2H3,(H,21,24). The number of nitrogens with zero attached hydrogens (tertiary/aromatic N) is 2. The Hall–Kier alpha value is -2.04. The Morgan fingerprint density at radius 3 is 2.40 bits per heavy atom. The Morgan fingerprint density at radius 1 is 1.08 bits per heavy atom. The van der Waals surface area contributed by atoms with Gasteiger partial charge in [-0.05, 0) is 30.9 Å². The second kappa shape index (κ2) is 7.89. The zero-order valence-electron chi connectivity index (χ0n) is 15.3. The van der Waals surface area contributed by atoms with E-state index in [9.17, 15) is 9.59 Å². The van der Waals surface area contributed by atoms with Gasteiger partial charge in [0.1, 0.15) is 0 Å². The van der Waals surface area contributed by atoms with Crippen molar-refractivity contribution in [1.82, 2.24) is 10.2 Å². The maximum Gasteiger partial charge on any atom is 0.226 e. The van der Waals surface area contributed by atoms with E-state index in [1.54, 1.807) is 0 Å². The molecule has 1 saturated heterocycles. The third-order valence-electron chi connectivity index (χ3n) is 5.18. The van der Waals surface area contributed by atoms with E-state index in [-0.39, 0.29) is 23.7 Å². The maximum atomic E-state index is 12.6. The van der Waals surface area contributed by atoms with Gasteiger partial charge in [0.25, 0.3) is 0 Å². The first-order chi connectivity index (χ1) is 12.1. The van der Waals surface area contributed by atoms with Crippen molar-refractivity contribution in [3.8, 4) is 0 Å². The Morgan fingerprint density at radius 2 is 1.76 bits per heavy atom. The molecule has 0 bridgehead atoms. The van der Waals surface area contributed by atoms with Crippen LogP contribution in [0.5, 0.6) is 0 Å². The number of carbonyl (C=O) groups excluding carboxylic acids is 2. The topological polar surface area (TPSA) is 52.7 Å². The van der Waals surface area contributed by atoms with Gasteiger partial charge in [-0.3, -0.25) is 9.59 Å². The largest absolute Gasteiger partial charge is 0.368 e. The van der Waals surface area contributed by atoms with Crippen LogP contribution in [-0.4, -0.2) is 49.4 Å². The quantitative estimate of drug-likeness (QED) is 0.861. The zero-order chi connectivity index (χ0) is 17.8. The number of anilines is 1. The van der Waals surface area contributed by atoms with Gasteiger partial charge in [0, 0.05) is 38.4 Å². The molecule has 1 aliphatic heterocycles. The highest BCUT2D eigenvalue weighted by Crippen LogP contribution is 2.40. The van der Waals surface area contributed by atoms with Crippen LogP contribution in [0.15, 0.2) is 30.3 Å². The summed E-state index contributed by atoms with van der Waals surface area (Å²) < 4.78 is 0. The number of para-hydroxylation sites is 1. The molecule has 25 heavy (non-hydrogen) atoms. The fourth-order valence-electron chi connectivity index (χ4n) is 3.43. The van der Waals surface area contributed by atoms with Crippen molar-refractivity contribution in [2.45, 2.75) is 26.7 Å². The number of hydrogen-bond donors (Lipinski definition) is 1. The molecular formula is C20H29N3O2. The summed E-state index contributed by atoms with van der Waals surface area (Å²) in [6, 6.07) is 10.3. The molecular weight excluding hydrogens is 314 g/mol. The predicted octanol–water partition coefficient (Wildman–Crippen LogP) is 2.13. The van der Waals surface area contributed by atoms with E-state index < -0.39 is 0 Å². The number of piperazine rings is 1. The van der Waals surface area contributed by atoms with E-state index in [1.807, 2.05) is 23.1 Å². The Bertz CT molecular complexity index is 594. The highest BCUT2D eigenvalue weighted by Gasteiger charge is 2.49. The summed E-state index contributed by atoms with van der Waals surface area (Å²) >= 11 is 0. The summed E-state index contributed by atoms with van der Waals surface area (Å²) in [6.45, 7) is 8.19. The molecule has 2 aliphatic rings. The molecule has 2 fully saturated rings. The van der Waals surface area contributed by atoms with E-state index in [0.29, 0.717) is 18.9 Å². The lowest BCUT2D eigenvalue weighted by molar-refractivity contribution is -0.135. The lowest BCUT2D eigenvalue weighted by Gasteiger charge is -2.36. The monoisotopic (exact) mass is 343 g/mol. The minimum Gasteiger partial charge on any atom is -0.368 e. The fraction of sp³-hybridized carbons (Fsp3) is 0.600. The molecule has 2 unspecified atom stereocenters. The van der Waals surface area contributed by atoms with Crippen LogP contribution in [0.4, 0.5) is 5.69 Å². The summed E-state index contributed by atoms with van der Waals surface area (Å²) in [5, 5.41) is 2.97. The number of carbonyl (C=O) groups is 2. The number of hydrogen-bond acceptors (Lipinski definition) is 3. The van der Waals surface area contributed by atoms with E-state index in [0.717, 1.165) is 32.6 Å². The summed E-state index contributed by atoms with van der Waals surface area (Å²) in [5.41, 5.74) is 1.21. The molecule has 2 amide bonds. The van der Waals surface area contributed by atoms with Crippen LogP contribution in [0.1, 0.15) is 26.7 Å². The van der Waals surface area contributed by atoms with E-state index in [1.165, 1.54) is 5.69 Å². The van der Waals surface area contributed by atoms with Crippen molar-refractivity contribution in [3.63, 3.8) is 0 Å². The molecule has 1 N–H and O–H groups in total. The smallest absolute Gasteiger partial charge is 0.226 e. The molecule has 1 heterocycles. The average molecular weight is 343 g/mol. The first-order valence-electron chi connectivity index (χ1n) is 9.42. The Labute approximate surface area is 150 Å². The van der Waals surface area contributed by atoms with Crippen LogP contribution in [-0.2, 0) is 9.59 Å². The van der Waals surface area contributed by atoms with Gasteiger partial charge in [-0.1, -0.05) is 32.0 Å². The van der Waals surface area contributed by atoms with Gasteiger partial charge in [0.15, 0.2) is 0 Å². The molecule has 1 aromatic rings. The molecule has 1 saturated carbocycles. The summed E-state index contributed by atoms with van der Waals surface area (Å²) in [5.74, 6) is 0.602. The van der Waals surface area contributed by atoms with Crippen molar-refractivity contribution in [1.29, 1.82) is 0 Å². The van der Waals surface area contributed by atoms with Gasteiger partial charge in [0.2, 0.25) is 11.8 Å². The average Bonchev–Trinajstić information content (AvgIpc) is 3.42. The Kier molecular flexibility index (Phi) is 5.61. The van der Waals surface area contributed by atoms with Crippen LogP contribution in [0.3, 0.4) is 0 Å². The first kappa shape index (κ1) is 17.8. The summed E-state index contributed by atoms with van der Waals surface area (Å²) in [7, 11) is 0. The normalized spacial score (nSPS) is 22.8. The molecule has 1 aliphatic carbocycles. The second-order valence-corrected chi connectivity index (χ2v) is 7.57. The molecule has 1 aromatic carbocycles. The molecule has 0 aromatic heterocycles. The van der Waals surface area contributed by atoms with Gasteiger partial charge in [-0.2, -0.15) is 0 Å². The van der Waals surface area contributed by atoms with Crippen molar-refractivity contribution in [2.24, 2.45) is 17.8 Å². The highest BCUT2D eigenvalue weighted by atomic mass is 16.2. The van der Waals surface area contributed by atoms with Crippen molar-refractivity contribution in [3.05, 3.63) is 30.3 Å².